The SMILES string of the molecule is CC(=O)OCCOc1ccc(C(=O)N2CC(=O)N(CC(=O)N[C@H]3CCC[C@@H]3OCc3ccccc3)Cc3ccccc32)c(Cl)c1. The van der Waals surface area contributed by atoms with E-state index in [0.717, 1.165) is 30.4 Å². The largest absolute Gasteiger partial charge is 0.490 e. The maximum atomic E-state index is 13.8. The maximum absolute atomic E-state index is 13.8. The molecule has 2 atom stereocenters. The molecule has 0 saturated heterocycles. The Labute approximate surface area is 267 Å². The topological polar surface area (TPSA) is 114 Å². The number of rotatable bonds is 11. The molecule has 1 aliphatic heterocycles. The van der Waals surface area contributed by atoms with E-state index in [0.29, 0.717) is 18.0 Å². The Hall–Kier alpha value is -4.41. The third kappa shape index (κ3) is 8.40. The third-order valence-corrected chi connectivity index (χ3v) is 8.12. The maximum Gasteiger partial charge on any atom is 0.302 e. The van der Waals surface area contributed by atoms with Crippen LogP contribution in [-0.2, 0) is 37.0 Å². The van der Waals surface area contributed by atoms with Gasteiger partial charge in [-0.15, -0.1) is 0 Å². The highest BCUT2D eigenvalue weighted by Gasteiger charge is 2.33. The Morgan fingerprint density at radius 1 is 0.956 bits per heavy atom. The molecule has 45 heavy (non-hydrogen) atoms. The van der Waals surface area contributed by atoms with Gasteiger partial charge in [-0.2, -0.15) is 0 Å². The van der Waals surface area contributed by atoms with Crippen LogP contribution in [0.2, 0.25) is 5.02 Å². The van der Waals surface area contributed by atoms with Gasteiger partial charge < -0.3 is 24.4 Å². The number of benzene rings is 3. The minimum atomic E-state index is -0.456. The molecule has 11 heteroatoms. The Morgan fingerprint density at radius 2 is 1.73 bits per heavy atom. The highest BCUT2D eigenvalue weighted by Crippen LogP contribution is 2.30. The highest BCUT2D eigenvalue weighted by molar-refractivity contribution is 6.34. The second-order valence-corrected chi connectivity index (χ2v) is 11.4. The quantitative estimate of drug-likeness (QED) is 0.244. The van der Waals surface area contributed by atoms with E-state index in [9.17, 15) is 19.2 Å². The van der Waals surface area contributed by atoms with Crippen LogP contribution in [0.25, 0.3) is 0 Å². The molecule has 0 bridgehead atoms. The van der Waals surface area contributed by atoms with E-state index in [4.69, 9.17) is 25.8 Å². The molecule has 0 unspecified atom stereocenters. The first kappa shape index (κ1) is 32.0. The predicted molar refractivity (Wildman–Crippen MR) is 168 cm³/mol. The number of anilines is 1. The Bertz CT molecular complexity index is 1530. The molecule has 236 valence electrons. The third-order valence-electron chi connectivity index (χ3n) is 7.80. The summed E-state index contributed by atoms with van der Waals surface area (Å²) < 4.78 is 16.6. The van der Waals surface area contributed by atoms with Crippen molar-refractivity contribution < 1.29 is 33.4 Å². The number of amides is 3. The number of para-hydroxylation sites is 1. The van der Waals surface area contributed by atoms with Gasteiger partial charge in [0.05, 0.1) is 35.9 Å². The van der Waals surface area contributed by atoms with Gasteiger partial charge in [0.25, 0.3) is 5.91 Å². The minimum absolute atomic E-state index is 0.0815. The van der Waals surface area contributed by atoms with E-state index in [-0.39, 0.29) is 67.4 Å². The lowest BCUT2D eigenvalue weighted by molar-refractivity contribution is -0.141. The summed E-state index contributed by atoms with van der Waals surface area (Å²) in [5.74, 6) is -1.09. The van der Waals surface area contributed by atoms with E-state index in [1.54, 1.807) is 18.2 Å². The summed E-state index contributed by atoms with van der Waals surface area (Å²) in [7, 11) is 0. The summed E-state index contributed by atoms with van der Waals surface area (Å²) in [6, 6.07) is 21.6. The molecule has 3 aromatic rings. The van der Waals surface area contributed by atoms with Crippen LogP contribution in [0.4, 0.5) is 5.69 Å². The Kier molecular flexibility index (Phi) is 10.7. The lowest BCUT2D eigenvalue weighted by atomic mass is 10.1. The summed E-state index contributed by atoms with van der Waals surface area (Å²) in [4.78, 5) is 54.3. The molecule has 1 heterocycles. The van der Waals surface area contributed by atoms with Gasteiger partial charge in [0, 0.05) is 19.2 Å². The molecule has 1 fully saturated rings. The van der Waals surface area contributed by atoms with Crippen molar-refractivity contribution in [2.75, 3.05) is 31.2 Å². The number of nitrogens with zero attached hydrogens (tertiary/aromatic N) is 2. The number of ether oxygens (including phenoxy) is 3. The minimum Gasteiger partial charge on any atom is -0.490 e. The van der Waals surface area contributed by atoms with Crippen molar-refractivity contribution >= 4 is 41.0 Å². The molecular weight excluding hydrogens is 598 g/mol. The number of carbonyl (C=O) groups is 4. The van der Waals surface area contributed by atoms with Gasteiger partial charge in [-0.3, -0.25) is 24.1 Å². The smallest absolute Gasteiger partial charge is 0.302 e. The molecule has 0 aromatic heterocycles. The summed E-state index contributed by atoms with van der Waals surface area (Å²) in [6.07, 6.45) is 2.51. The zero-order valence-electron chi connectivity index (χ0n) is 25.1. The number of nitrogens with one attached hydrogen (secondary N) is 1. The molecule has 5 rings (SSSR count). The normalized spacial score (nSPS) is 17.8. The molecule has 10 nitrogen and oxygen atoms in total. The summed E-state index contributed by atoms with van der Waals surface area (Å²) in [6.45, 7) is 1.77. The molecule has 0 spiro atoms. The van der Waals surface area contributed by atoms with E-state index >= 15 is 0 Å². The fourth-order valence-electron chi connectivity index (χ4n) is 5.59. The standard InChI is InChI=1S/C34H36ClN3O7/c1-23(39)43-16-17-44-26-14-15-27(28(35)18-26)34(42)38-21-33(41)37(19-25-10-5-6-12-30(25)38)20-32(40)36-29-11-7-13-31(29)45-22-24-8-3-2-4-9-24/h2-6,8-10,12,14-15,18,29,31H,7,11,13,16-17,19-22H2,1H3,(H,36,40)/t29-,31-/m0/s1. The van der Waals surface area contributed by atoms with E-state index < -0.39 is 11.9 Å². The van der Waals surface area contributed by atoms with E-state index in [1.807, 2.05) is 42.5 Å². The molecule has 3 aromatic carbocycles. The van der Waals surface area contributed by atoms with Crippen LogP contribution in [0.5, 0.6) is 5.75 Å². The van der Waals surface area contributed by atoms with Crippen molar-refractivity contribution in [1.29, 1.82) is 0 Å². The average Bonchev–Trinajstić information content (AvgIpc) is 3.41. The number of hydrogen-bond donors (Lipinski definition) is 1. The number of esters is 1. The fraction of sp³-hybridized carbons (Fsp3) is 0.353. The summed E-state index contributed by atoms with van der Waals surface area (Å²) in [5.41, 5.74) is 2.57. The summed E-state index contributed by atoms with van der Waals surface area (Å²) in [5, 5.41) is 3.23. The Morgan fingerprint density at radius 3 is 2.51 bits per heavy atom. The number of hydrogen-bond acceptors (Lipinski definition) is 7. The van der Waals surface area contributed by atoms with Gasteiger partial charge in [0.1, 0.15) is 25.5 Å². The predicted octanol–water partition coefficient (Wildman–Crippen LogP) is 4.53. The van der Waals surface area contributed by atoms with Crippen molar-refractivity contribution in [3.05, 3.63) is 94.5 Å². The first-order chi connectivity index (χ1) is 21.8. The number of halogens is 1. The van der Waals surface area contributed by atoms with Gasteiger partial charge >= 0.3 is 5.97 Å². The molecule has 0 radical (unpaired) electrons. The number of carbonyl (C=O) groups excluding carboxylic acids is 4. The van der Waals surface area contributed by atoms with Gasteiger partial charge in [-0.1, -0.05) is 60.1 Å². The van der Waals surface area contributed by atoms with Crippen LogP contribution in [-0.4, -0.2) is 67.0 Å². The number of fused-ring (bicyclic) bond motifs is 1. The van der Waals surface area contributed by atoms with Crippen LogP contribution in [0.15, 0.2) is 72.8 Å². The van der Waals surface area contributed by atoms with Gasteiger partial charge in [0.2, 0.25) is 11.8 Å². The first-order valence-corrected chi connectivity index (χ1v) is 15.3. The second-order valence-electron chi connectivity index (χ2n) is 11.0. The summed E-state index contributed by atoms with van der Waals surface area (Å²) >= 11 is 6.49. The van der Waals surface area contributed by atoms with E-state index in [2.05, 4.69) is 5.32 Å². The van der Waals surface area contributed by atoms with Crippen molar-refractivity contribution in [3.63, 3.8) is 0 Å². The second kappa shape index (κ2) is 15.0. The molecule has 3 amide bonds. The molecule has 1 N–H and O–H groups in total. The fourth-order valence-corrected chi connectivity index (χ4v) is 5.84. The first-order valence-electron chi connectivity index (χ1n) is 15.0. The lowest BCUT2D eigenvalue weighted by Crippen LogP contribution is -2.48. The van der Waals surface area contributed by atoms with Gasteiger partial charge in [-0.25, -0.2) is 0 Å². The molecule has 2 aliphatic rings. The van der Waals surface area contributed by atoms with Crippen molar-refractivity contribution in [2.24, 2.45) is 0 Å². The zero-order valence-corrected chi connectivity index (χ0v) is 25.8. The highest BCUT2D eigenvalue weighted by atomic mass is 35.5. The van der Waals surface area contributed by atoms with E-state index in [1.165, 1.54) is 28.9 Å². The lowest BCUT2D eigenvalue weighted by Gasteiger charge is -2.25. The van der Waals surface area contributed by atoms with Crippen LogP contribution in [0, 0.1) is 0 Å². The zero-order chi connectivity index (χ0) is 31.8. The Balaban J connectivity index is 1.23. The molecule has 1 aliphatic carbocycles. The molecule has 1 saturated carbocycles. The van der Waals surface area contributed by atoms with Crippen molar-refractivity contribution in [2.45, 2.75) is 51.5 Å². The van der Waals surface area contributed by atoms with Crippen LogP contribution >= 0.6 is 11.6 Å². The van der Waals surface area contributed by atoms with Crippen LogP contribution in [0.3, 0.4) is 0 Å². The van der Waals surface area contributed by atoms with Crippen LogP contribution in [0.1, 0.15) is 47.7 Å². The van der Waals surface area contributed by atoms with Crippen LogP contribution < -0.4 is 15.0 Å². The van der Waals surface area contributed by atoms with Crippen molar-refractivity contribution in [3.8, 4) is 5.75 Å². The monoisotopic (exact) mass is 633 g/mol. The van der Waals surface area contributed by atoms with Gasteiger partial charge in [0.15, 0.2) is 0 Å². The molecular formula is C34H36ClN3O7. The van der Waals surface area contributed by atoms with Gasteiger partial charge in [-0.05, 0) is 54.7 Å². The van der Waals surface area contributed by atoms with Crippen molar-refractivity contribution in [1.82, 2.24) is 10.2 Å². The average molecular weight is 634 g/mol.